The summed E-state index contributed by atoms with van der Waals surface area (Å²) in [4.78, 5) is 14.6. The van der Waals surface area contributed by atoms with Gasteiger partial charge in [0.25, 0.3) is 5.91 Å². The van der Waals surface area contributed by atoms with Gasteiger partial charge in [0.05, 0.1) is 10.5 Å². The molecule has 1 aliphatic heterocycles. The number of amides is 1. The van der Waals surface area contributed by atoms with E-state index in [0.717, 1.165) is 19.1 Å². The summed E-state index contributed by atoms with van der Waals surface area (Å²) < 4.78 is 23.9. The van der Waals surface area contributed by atoms with E-state index in [2.05, 4.69) is 21.2 Å². The molecule has 0 saturated carbocycles. The fraction of sp³-hybridized carbons (Fsp3) is 0.500. The fourth-order valence-corrected chi connectivity index (χ4v) is 3.53. The van der Waals surface area contributed by atoms with Gasteiger partial charge in [0.15, 0.2) is 9.84 Å². The fourth-order valence-electron chi connectivity index (χ4n) is 2.47. The standard InChI is InChI=1S/C14H19BrN2O3S/c1-16-10-4-3-7-17(9-10)14(18)12-8-11(21(2,19)20)5-6-13(12)15/h5-6,8,10,16H,3-4,7,9H2,1-2H3. The second-order valence-corrected chi connectivity index (χ2v) is 8.16. The molecule has 1 heterocycles. The highest BCUT2D eigenvalue weighted by Crippen LogP contribution is 2.24. The lowest BCUT2D eigenvalue weighted by Gasteiger charge is -2.32. The van der Waals surface area contributed by atoms with Gasteiger partial charge in [-0.3, -0.25) is 4.79 Å². The molecular formula is C14H19BrN2O3S. The van der Waals surface area contributed by atoms with Crippen LogP contribution in [0, 0.1) is 0 Å². The van der Waals surface area contributed by atoms with Crippen LogP contribution in [0.4, 0.5) is 0 Å². The van der Waals surface area contributed by atoms with E-state index in [1.165, 1.54) is 12.1 Å². The molecule has 1 unspecified atom stereocenters. The van der Waals surface area contributed by atoms with Crippen molar-refractivity contribution in [3.8, 4) is 0 Å². The van der Waals surface area contributed by atoms with Crippen molar-refractivity contribution in [3.05, 3.63) is 28.2 Å². The largest absolute Gasteiger partial charge is 0.337 e. The van der Waals surface area contributed by atoms with Gasteiger partial charge in [-0.1, -0.05) is 0 Å². The quantitative estimate of drug-likeness (QED) is 0.873. The number of hydrogen-bond acceptors (Lipinski definition) is 4. The van der Waals surface area contributed by atoms with Gasteiger partial charge in [-0.2, -0.15) is 0 Å². The Bertz CT molecular complexity index is 646. The van der Waals surface area contributed by atoms with Gasteiger partial charge in [-0.25, -0.2) is 8.42 Å². The van der Waals surface area contributed by atoms with Crippen molar-refractivity contribution in [1.82, 2.24) is 10.2 Å². The second-order valence-electron chi connectivity index (χ2n) is 5.29. The number of likely N-dealkylation sites (N-methyl/N-ethyl adjacent to an activating group) is 1. The lowest BCUT2D eigenvalue weighted by molar-refractivity contribution is 0.0697. The summed E-state index contributed by atoms with van der Waals surface area (Å²) in [5, 5.41) is 3.19. The smallest absolute Gasteiger partial charge is 0.255 e. The number of carbonyl (C=O) groups is 1. The van der Waals surface area contributed by atoms with Crippen molar-refractivity contribution >= 4 is 31.7 Å². The van der Waals surface area contributed by atoms with E-state index in [0.29, 0.717) is 29.2 Å². The number of carbonyl (C=O) groups excluding carboxylic acids is 1. The van der Waals surface area contributed by atoms with Crippen molar-refractivity contribution in [1.29, 1.82) is 0 Å². The molecular weight excluding hydrogens is 356 g/mol. The number of benzene rings is 1. The van der Waals surface area contributed by atoms with Crippen LogP contribution in [0.25, 0.3) is 0 Å². The molecule has 0 bridgehead atoms. The average molecular weight is 375 g/mol. The number of hydrogen-bond donors (Lipinski definition) is 1. The average Bonchev–Trinajstić information content (AvgIpc) is 2.46. The van der Waals surface area contributed by atoms with Gasteiger partial charge in [0.2, 0.25) is 0 Å². The van der Waals surface area contributed by atoms with Crippen molar-refractivity contribution in [3.63, 3.8) is 0 Å². The van der Waals surface area contributed by atoms with Crippen LogP contribution in [0.5, 0.6) is 0 Å². The molecule has 1 N–H and O–H groups in total. The third kappa shape index (κ3) is 3.84. The molecule has 1 atom stereocenters. The Labute approximate surface area is 133 Å². The van der Waals surface area contributed by atoms with Crippen molar-refractivity contribution in [2.24, 2.45) is 0 Å². The Morgan fingerprint density at radius 1 is 1.43 bits per heavy atom. The number of likely N-dealkylation sites (tertiary alicyclic amines) is 1. The molecule has 1 aliphatic rings. The molecule has 1 fully saturated rings. The van der Waals surface area contributed by atoms with Crippen molar-refractivity contribution in [2.75, 3.05) is 26.4 Å². The van der Waals surface area contributed by atoms with Crippen LogP contribution in [0.2, 0.25) is 0 Å². The first-order valence-corrected chi connectivity index (χ1v) is 9.47. The Balaban J connectivity index is 2.30. The zero-order chi connectivity index (χ0) is 15.6. The molecule has 1 amide bonds. The van der Waals surface area contributed by atoms with Crippen LogP contribution in [-0.2, 0) is 9.84 Å². The summed E-state index contributed by atoms with van der Waals surface area (Å²) in [5.41, 5.74) is 0.398. The number of halogens is 1. The molecule has 2 rings (SSSR count). The van der Waals surface area contributed by atoms with Crippen LogP contribution in [0.15, 0.2) is 27.6 Å². The van der Waals surface area contributed by atoms with E-state index in [1.807, 2.05) is 7.05 Å². The van der Waals surface area contributed by atoms with Crippen LogP contribution in [0.3, 0.4) is 0 Å². The number of piperidine rings is 1. The molecule has 116 valence electrons. The van der Waals surface area contributed by atoms with E-state index >= 15 is 0 Å². The minimum Gasteiger partial charge on any atom is -0.337 e. The first-order chi connectivity index (χ1) is 9.82. The summed E-state index contributed by atoms with van der Waals surface area (Å²) in [7, 11) is -1.44. The van der Waals surface area contributed by atoms with Gasteiger partial charge >= 0.3 is 0 Å². The van der Waals surface area contributed by atoms with Crippen molar-refractivity contribution in [2.45, 2.75) is 23.8 Å². The first kappa shape index (κ1) is 16.5. The predicted octanol–water partition coefficient (Wildman–Crippen LogP) is 1.68. The van der Waals surface area contributed by atoms with Crippen molar-refractivity contribution < 1.29 is 13.2 Å². The lowest BCUT2D eigenvalue weighted by atomic mass is 10.0. The van der Waals surface area contributed by atoms with Crippen LogP contribution < -0.4 is 5.32 Å². The maximum absolute atomic E-state index is 12.6. The predicted molar refractivity (Wildman–Crippen MR) is 85.2 cm³/mol. The Hall–Kier alpha value is -0.920. The Morgan fingerprint density at radius 2 is 2.14 bits per heavy atom. The minimum absolute atomic E-state index is 0.132. The zero-order valence-corrected chi connectivity index (χ0v) is 14.5. The van der Waals surface area contributed by atoms with Gasteiger partial charge in [-0.05, 0) is 54.0 Å². The minimum atomic E-state index is -3.33. The van der Waals surface area contributed by atoms with E-state index in [-0.39, 0.29) is 10.8 Å². The summed E-state index contributed by atoms with van der Waals surface area (Å²) in [5.74, 6) is -0.132. The number of nitrogens with one attached hydrogen (secondary N) is 1. The highest BCUT2D eigenvalue weighted by Gasteiger charge is 2.25. The third-order valence-electron chi connectivity index (χ3n) is 3.71. The lowest BCUT2D eigenvalue weighted by Crippen LogP contribution is -2.47. The number of sulfone groups is 1. The van der Waals surface area contributed by atoms with Crippen LogP contribution in [0.1, 0.15) is 23.2 Å². The SMILES string of the molecule is CNC1CCCN(C(=O)c2cc(S(C)(=O)=O)ccc2Br)C1. The highest BCUT2D eigenvalue weighted by molar-refractivity contribution is 9.10. The van der Waals surface area contributed by atoms with Crippen LogP contribution >= 0.6 is 15.9 Å². The summed E-state index contributed by atoms with van der Waals surface area (Å²) >= 11 is 3.34. The van der Waals surface area contributed by atoms with Gasteiger partial charge in [0.1, 0.15) is 0 Å². The number of nitrogens with zero attached hydrogens (tertiary/aromatic N) is 1. The highest BCUT2D eigenvalue weighted by atomic mass is 79.9. The van der Waals surface area contributed by atoms with Crippen LogP contribution in [-0.4, -0.2) is 51.7 Å². The molecule has 0 radical (unpaired) electrons. The molecule has 1 saturated heterocycles. The monoisotopic (exact) mass is 374 g/mol. The maximum Gasteiger partial charge on any atom is 0.255 e. The number of rotatable bonds is 3. The molecule has 5 nitrogen and oxygen atoms in total. The van der Waals surface area contributed by atoms with E-state index < -0.39 is 9.84 Å². The molecule has 0 aliphatic carbocycles. The first-order valence-electron chi connectivity index (χ1n) is 6.79. The van der Waals surface area contributed by atoms with E-state index in [4.69, 9.17) is 0 Å². The molecule has 0 aromatic heterocycles. The normalized spacial score (nSPS) is 19.6. The summed E-state index contributed by atoms with van der Waals surface area (Å²) in [6, 6.07) is 4.86. The van der Waals surface area contributed by atoms with E-state index in [9.17, 15) is 13.2 Å². The topological polar surface area (TPSA) is 66.5 Å². The summed E-state index contributed by atoms with van der Waals surface area (Å²) in [6.45, 7) is 1.34. The Morgan fingerprint density at radius 3 is 2.76 bits per heavy atom. The molecule has 7 heteroatoms. The molecule has 0 spiro atoms. The second kappa shape index (κ2) is 6.46. The zero-order valence-electron chi connectivity index (χ0n) is 12.1. The maximum atomic E-state index is 12.6. The van der Waals surface area contributed by atoms with Gasteiger partial charge in [-0.15, -0.1) is 0 Å². The summed E-state index contributed by atoms with van der Waals surface area (Å²) in [6.07, 6.45) is 3.13. The van der Waals surface area contributed by atoms with Gasteiger partial charge in [0, 0.05) is 29.9 Å². The van der Waals surface area contributed by atoms with Gasteiger partial charge < -0.3 is 10.2 Å². The Kier molecular flexibility index (Phi) is 5.06. The van der Waals surface area contributed by atoms with E-state index in [1.54, 1.807) is 11.0 Å². The molecule has 21 heavy (non-hydrogen) atoms. The molecule has 1 aromatic carbocycles. The molecule has 1 aromatic rings. The third-order valence-corrected chi connectivity index (χ3v) is 5.51.